The van der Waals surface area contributed by atoms with Gasteiger partial charge in [-0.05, 0) is 12.0 Å². The molecule has 152 valence electrons. The Bertz CT molecular complexity index is 778. The quantitative estimate of drug-likeness (QED) is 0.805. The summed E-state index contributed by atoms with van der Waals surface area (Å²) in [7, 11) is 0. The summed E-state index contributed by atoms with van der Waals surface area (Å²) in [6.45, 7) is 7.32. The lowest BCUT2D eigenvalue weighted by Crippen LogP contribution is -2.54. The highest BCUT2D eigenvalue weighted by atomic mass is 35.5. The summed E-state index contributed by atoms with van der Waals surface area (Å²) in [4.78, 5) is 17.7. The fourth-order valence-corrected chi connectivity index (χ4v) is 4.26. The summed E-state index contributed by atoms with van der Waals surface area (Å²) in [5, 5.41) is 10.8. The second-order valence-electron chi connectivity index (χ2n) is 7.61. The maximum atomic E-state index is 13.1. The Balaban J connectivity index is 0.00000225. The molecule has 1 saturated heterocycles. The predicted molar refractivity (Wildman–Crippen MR) is 113 cm³/mol. The van der Waals surface area contributed by atoms with Crippen LogP contribution in [-0.4, -0.2) is 58.1 Å². The van der Waals surface area contributed by atoms with Crippen LogP contribution in [0.3, 0.4) is 0 Å². The molecule has 0 radical (unpaired) electrons. The SMILES string of the molecule is CCCC1CN(C(=O)c2n[nH]c3c2CNCC3)CCN1Cc1ccccc1.Cl. The summed E-state index contributed by atoms with van der Waals surface area (Å²) >= 11 is 0. The highest BCUT2D eigenvalue weighted by Crippen LogP contribution is 2.22. The van der Waals surface area contributed by atoms with Crippen LogP contribution in [0.4, 0.5) is 0 Å². The lowest BCUT2D eigenvalue weighted by Gasteiger charge is -2.41. The Morgan fingerprint density at radius 2 is 2.07 bits per heavy atom. The zero-order chi connectivity index (χ0) is 18.6. The van der Waals surface area contributed by atoms with Crippen molar-refractivity contribution in [3.63, 3.8) is 0 Å². The molecule has 1 unspecified atom stereocenters. The van der Waals surface area contributed by atoms with Gasteiger partial charge in [0.15, 0.2) is 5.69 Å². The fraction of sp³-hybridized carbons (Fsp3) is 0.524. The number of aromatic amines is 1. The number of amides is 1. The minimum absolute atomic E-state index is 0. The molecule has 1 amide bonds. The smallest absolute Gasteiger partial charge is 0.274 e. The van der Waals surface area contributed by atoms with Crippen LogP contribution in [0.2, 0.25) is 0 Å². The number of halogens is 1. The van der Waals surface area contributed by atoms with Crippen LogP contribution >= 0.6 is 12.4 Å². The Morgan fingerprint density at radius 3 is 2.86 bits per heavy atom. The number of carbonyl (C=O) groups is 1. The molecule has 1 fully saturated rings. The zero-order valence-electron chi connectivity index (χ0n) is 16.5. The zero-order valence-corrected chi connectivity index (χ0v) is 17.3. The molecular weight excluding hydrogens is 374 g/mol. The van der Waals surface area contributed by atoms with E-state index in [1.807, 2.05) is 4.90 Å². The molecule has 0 saturated carbocycles. The van der Waals surface area contributed by atoms with E-state index in [1.54, 1.807) is 0 Å². The molecule has 2 N–H and O–H groups in total. The minimum atomic E-state index is 0. The molecule has 1 aromatic carbocycles. The summed E-state index contributed by atoms with van der Waals surface area (Å²) in [6.07, 6.45) is 3.15. The van der Waals surface area contributed by atoms with Gasteiger partial charge in [0.1, 0.15) is 0 Å². The number of aromatic nitrogens is 2. The van der Waals surface area contributed by atoms with E-state index in [9.17, 15) is 4.79 Å². The van der Waals surface area contributed by atoms with Crippen LogP contribution < -0.4 is 5.32 Å². The van der Waals surface area contributed by atoms with Crippen LogP contribution in [0.1, 0.15) is 47.1 Å². The van der Waals surface area contributed by atoms with Crippen molar-refractivity contribution >= 4 is 18.3 Å². The van der Waals surface area contributed by atoms with Gasteiger partial charge in [-0.15, -0.1) is 12.4 Å². The van der Waals surface area contributed by atoms with Crippen LogP contribution in [0.15, 0.2) is 30.3 Å². The maximum Gasteiger partial charge on any atom is 0.274 e. The second kappa shape index (κ2) is 9.54. The first-order valence-corrected chi connectivity index (χ1v) is 10.1. The van der Waals surface area contributed by atoms with Gasteiger partial charge in [0, 0.05) is 63.0 Å². The maximum absolute atomic E-state index is 13.1. The van der Waals surface area contributed by atoms with E-state index in [-0.39, 0.29) is 18.3 Å². The molecule has 2 aliphatic heterocycles. The molecule has 0 spiro atoms. The molecule has 3 heterocycles. The van der Waals surface area contributed by atoms with Gasteiger partial charge in [0.2, 0.25) is 0 Å². The van der Waals surface area contributed by atoms with E-state index in [2.05, 4.69) is 57.7 Å². The number of fused-ring (bicyclic) bond motifs is 1. The van der Waals surface area contributed by atoms with Crippen molar-refractivity contribution in [1.82, 2.24) is 25.3 Å². The number of piperazine rings is 1. The third-order valence-corrected chi connectivity index (χ3v) is 5.75. The highest BCUT2D eigenvalue weighted by Gasteiger charge is 2.32. The third kappa shape index (κ3) is 4.40. The predicted octanol–water partition coefficient (Wildman–Crippen LogP) is 2.60. The van der Waals surface area contributed by atoms with Crippen molar-refractivity contribution in [3.05, 3.63) is 52.8 Å². The fourth-order valence-electron chi connectivity index (χ4n) is 4.26. The Morgan fingerprint density at radius 1 is 1.25 bits per heavy atom. The van der Waals surface area contributed by atoms with Gasteiger partial charge in [0.05, 0.1) is 0 Å². The highest BCUT2D eigenvalue weighted by molar-refractivity contribution is 5.94. The van der Waals surface area contributed by atoms with Gasteiger partial charge in [0.25, 0.3) is 5.91 Å². The van der Waals surface area contributed by atoms with Gasteiger partial charge >= 0.3 is 0 Å². The van der Waals surface area contributed by atoms with E-state index in [0.29, 0.717) is 11.7 Å². The van der Waals surface area contributed by atoms with Gasteiger partial charge in [-0.2, -0.15) is 5.10 Å². The number of carbonyl (C=O) groups excluding carboxylic acids is 1. The number of nitrogens with one attached hydrogen (secondary N) is 2. The summed E-state index contributed by atoms with van der Waals surface area (Å²) < 4.78 is 0. The molecule has 0 bridgehead atoms. The van der Waals surface area contributed by atoms with Gasteiger partial charge < -0.3 is 10.2 Å². The van der Waals surface area contributed by atoms with E-state index in [1.165, 1.54) is 5.56 Å². The van der Waals surface area contributed by atoms with E-state index >= 15 is 0 Å². The first-order chi connectivity index (χ1) is 13.3. The molecule has 4 rings (SSSR count). The molecular formula is C21H30ClN5O. The Labute approximate surface area is 173 Å². The van der Waals surface area contributed by atoms with E-state index in [0.717, 1.165) is 69.8 Å². The number of hydrogen-bond acceptors (Lipinski definition) is 4. The molecule has 1 atom stereocenters. The van der Waals surface area contributed by atoms with Crippen LogP contribution in [0, 0.1) is 0 Å². The minimum Gasteiger partial charge on any atom is -0.334 e. The second-order valence-corrected chi connectivity index (χ2v) is 7.61. The molecule has 0 aliphatic carbocycles. The number of H-pyrrole nitrogens is 1. The molecule has 2 aliphatic rings. The standard InChI is InChI=1S/C21H29N5O.ClH/c1-2-6-17-15-26(12-11-25(17)14-16-7-4-3-5-8-16)21(27)20-18-13-22-10-9-19(18)23-24-20;/h3-5,7-8,17,22H,2,6,9-15H2,1H3,(H,23,24);1H. The summed E-state index contributed by atoms with van der Waals surface area (Å²) in [5.41, 5.74) is 4.13. The van der Waals surface area contributed by atoms with Crippen LogP contribution in [-0.2, 0) is 19.5 Å². The van der Waals surface area contributed by atoms with Crippen molar-refractivity contribution in [2.45, 2.75) is 45.3 Å². The Hall–Kier alpha value is -1.89. The third-order valence-electron chi connectivity index (χ3n) is 5.75. The molecule has 1 aromatic heterocycles. The molecule has 7 heteroatoms. The number of hydrogen-bond donors (Lipinski definition) is 2. The van der Waals surface area contributed by atoms with Crippen molar-refractivity contribution in [2.24, 2.45) is 0 Å². The van der Waals surface area contributed by atoms with Crippen LogP contribution in [0.25, 0.3) is 0 Å². The van der Waals surface area contributed by atoms with Crippen LogP contribution in [0.5, 0.6) is 0 Å². The largest absolute Gasteiger partial charge is 0.334 e. The number of benzene rings is 1. The van der Waals surface area contributed by atoms with Crippen molar-refractivity contribution in [1.29, 1.82) is 0 Å². The van der Waals surface area contributed by atoms with E-state index in [4.69, 9.17) is 0 Å². The molecule has 28 heavy (non-hydrogen) atoms. The average Bonchev–Trinajstić information content (AvgIpc) is 3.14. The van der Waals surface area contributed by atoms with E-state index < -0.39 is 0 Å². The average molecular weight is 404 g/mol. The summed E-state index contributed by atoms with van der Waals surface area (Å²) in [5.74, 6) is 0.0802. The van der Waals surface area contributed by atoms with Crippen molar-refractivity contribution in [3.8, 4) is 0 Å². The van der Waals surface area contributed by atoms with Crippen molar-refractivity contribution < 1.29 is 4.79 Å². The molecule has 6 nitrogen and oxygen atoms in total. The Kier molecular flexibility index (Phi) is 7.10. The lowest BCUT2D eigenvalue weighted by molar-refractivity contribution is 0.0432. The summed E-state index contributed by atoms with van der Waals surface area (Å²) in [6, 6.07) is 11.0. The number of rotatable bonds is 5. The first-order valence-electron chi connectivity index (χ1n) is 10.1. The first kappa shape index (κ1) is 20.8. The monoisotopic (exact) mass is 403 g/mol. The van der Waals surface area contributed by atoms with Crippen molar-refractivity contribution in [2.75, 3.05) is 26.2 Å². The lowest BCUT2D eigenvalue weighted by atomic mass is 10.0. The van der Waals surface area contributed by atoms with Gasteiger partial charge in [-0.25, -0.2) is 0 Å². The normalized spacial score (nSPS) is 19.8. The topological polar surface area (TPSA) is 64.3 Å². The van der Waals surface area contributed by atoms with Gasteiger partial charge in [-0.1, -0.05) is 43.7 Å². The molecule has 2 aromatic rings. The number of nitrogens with zero attached hydrogens (tertiary/aromatic N) is 3. The van der Waals surface area contributed by atoms with Gasteiger partial charge in [-0.3, -0.25) is 14.8 Å².